The number of ether oxygens (including phenoxy) is 2. The Kier molecular flexibility index (Phi) is 51.2. The average Bonchev–Trinajstić information content (AvgIpc) is 3.39. The van der Waals surface area contributed by atoms with Gasteiger partial charge in [0.05, 0.1) is 25.4 Å². The first-order valence-electron chi connectivity index (χ1n) is 31.7. The summed E-state index contributed by atoms with van der Waals surface area (Å²) in [5, 5.41) is 54.6. The number of unbranched alkanes of at least 4 members (excludes halogenated alkanes) is 41. The predicted octanol–water partition coefficient (Wildman–Crippen LogP) is 16.3. The summed E-state index contributed by atoms with van der Waals surface area (Å²) < 4.78 is 11.3. The van der Waals surface area contributed by atoms with Crippen LogP contribution < -0.4 is 5.32 Å². The fraction of sp³-hybridized carbons (Fsp3) is 0.891. The van der Waals surface area contributed by atoms with E-state index in [1.54, 1.807) is 6.08 Å². The number of nitrogens with one attached hydrogen (secondary N) is 1. The molecule has 7 atom stereocenters. The zero-order valence-electron chi connectivity index (χ0n) is 47.9. The Bertz CT molecular complexity index is 1240. The van der Waals surface area contributed by atoms with Crippen LogP contribution in [0.25, 0.3) is 0 Å². The number of carbonyl (C=O) groups is 1. The van der Waals surface area contributed by atoms with E-state index in [0.29, 0.717) is 6.42 Å². The normalized spacial score (nSPS) is 19.2. The summed E-state index contributed by atoms with van der Waals surface area (Å²) in [6.07, 6.45) is 63.8. The number of aliphatic hydroxyl groups is 5. The SMILES string of the molecule is CCCCCCCCCCCCCCCCCC/C=C/CC/C=C/CC/C=C/C(O)C(COC1OC(CO)C(O)C(O)C1O)NC(=O)CCCCCCCCCCCCCCCCCCCCCCCCCC. The number of hydrogen-bond acceptors (Lipinski definition) is 8. The quantitative estimate of drug-likeness (QED) is 0.0261. The first-order valence-corrected chi connectivity index (χ1v) is 31.7. The van der Waals surface area contributed by atoms with Crippen molar-refractivity contribution >= 4 is 5.91 Å². The molecule has 9 heteroatoms. The molecule has 1 fully saturated rings. The second-order valence-corrected chi connectivity index (χ2v) is 22.2. The van der Waals surface area contributed by atoms with Crippen molar-refractivity contribution in [3.63, 3.8) is 0 Å². The van der Waals surface area contributed by atoms with Gasteiger partial charge in [0.25, 0.3) is 0 Å². The molecule has 9 nitrogen and oxygen atoms in total. The highest BCUT2D eigenvalue weighted by Gasteiger charge is 2.44. The van der Waals surface area contributed by atoms with Crippen molar-refractivity contribution in [3.05, 3.63) is 36.5 Å². The number of hydrogen-bond donors (Lipinski definition) is 6. The molecule has 0 saturated carbocycles. The van der Waals surface area contributed by atoms with E-state index < -0.39 is 49.5 Å². The summed E-state index contributed by atoms with van der Waals surface area (Å²) in [5.74, 6) is -0.185. The van der Waals surface area contributed by atoms with Gasteiger partial charge < -0.3 is 40.3 Å². The van der Waals surface area contributed by atoms with Crippen molar-refractivity contribution in [1.82, 2.24) is 5.32 Å². The molecule has 7 unspecified atom stereocenters. The van der Waals surface area contributed by atoms with Gasteiger partial charge in [-0.05, 0) is 44.9 Å². The number of amides is 1. The van der Waals surface area contributed by atoms with Crippen molar-refractivity contribution < 1.29 is 39.8 Å². The fourth-order valence-electron chi connectivity index (χ4n) is 10.2. The minimum absolute atomic E-state index is 0.185. The molecule has 0 bridgehead atoms. The Morgan fingerprint density at radius 2 is 0.781 bits per heavy atom. The predicted molar refractivity (Wildman–Crippen MR) is 309 cm³/mol. The highest BCUT2D eigenvalue weighted by atomic mass is 16.7. The molecule has 0 aromatic rings. The molecule has 1 saturated heterocycles. The van der Waals surface area contributed by atoms with Crippen LogP contribution in [0.15, 0.2) is 36.5 Å². The minimum Gasteiger partial charge on any atom is -0.394 e. The lowest BCUT2D eigenvalue weighted by atomic mass is 9.99. The van der Waals surface area contributed by atoms with E-state index in [1.165, 1.54) is 244 Å². The second kappa shape index (κ2) is 53.8. The molecule has 1 heterocycles. The molecule has 0 aromatic carbocycles. The van der Waals surface area contributed by atoms with E-state index in [9.17, 15) is 30.3 Å². The van der Waals surface area contributed by atoms with E-state index in [2.05, 4.69) is 43.5 Å². The van der Waals surface area contributed by atoms with Gasteiger partial charge in [-0.15, -0.1) is 0 Å². The lowest BCUT2D eigenvalue weighted by Crippen LogP contribution is -2.60. The molecule has 1 aliphatic heterocycles. The van der Waals surface area contributed by atoms with Gasteiger partial charge in [-0.25, -0.2) is 0 Å². The van der Waals surface area contributed by atoms with Crippen LogP contribution in [-0.2, 0) is 14.3 Å². The van der Waals surface area contributed by atoms with Crippen LogP contribution in [-0.4, -0.2) is 87.5 Å². The molecule has 0 radical (unpaired) electrons. The molecule has 73 heavy (non-hydrogen) atoms. The Morgan fingerprint density at radius 1 is 0.452 bits per heavy atom. The average molecular weight is 1030 g/mol. The Labute approximate surface area is 451 Å². The Hall–Kier alpha value is -1.59. The van der Waals surface area contributed by atoms with Crippen LogP contribution in [0.5, 0.6) is 0 Å². The highest BCUT2D eigenvalue weighted by Crippen LogP contribution is 2.23. The van der Waals surface area contributed by atoms with E-state index >= 15 is 0 Å². The van der Waals surface area contributed by atoms with E-state index in [0.717, 1.165) is 44.9 Å². The molecule has 430 valence electrons. The maximum Gasteiger partial charge on any atom is 0.220 e. The smallest absolute Gasteiger partial charge is 0.220 e. The topological polar surface area (TPSA) is 149 Å². The van der Waals surface area contributed by atoms with Crippen molar-refractivity contribution in [2.75, 3.05) is 13.2 Å². The largest absolute Gasteiger partial charge is 0.394 e. The zero-order chi connectivity index (χ0) is 52.9. The third-order valence-corrected chi connectivity index (χ3v) is 15.2. The number of rotatable bonds is 55. The summed E-state index contributed by atoms with van der Waals surface area (Å²) in [6, 6.07) is -0.827. The van der Waals surface area contributed by atoms with Gasteiger partial charge in [0.1, 0.15) is 24.4 Å². The van der Waals surface area contributed by atoms with Gasteiger partial charge in [-0.2, -0.15) is 0 Å². The van der Waals surface area contributed by atoms with Gasteiger partial charge >= 0.3 is 0 Å². The standard InChI is InChI=1S/C64H121NO8/c1-3-5-7-9-11-13-15-17-19-21-23-25-27-29-30-31-33-35-37-39-41-43-45-47-49-51-53-58(67)57(56-72-64-63(71)62(70)61(69)59(55-66)73-64)65-60(68)54-52-50-48-46-44-42-40-38-36-34-32-28-26-24-22-20-18-16-14-12-10-8-6-4-2/h35,37,43,45,51,53,57-59,61-64,66-67,69-71H,3-34,36,38-42,44,46-50,52,54-56H2,1-2H3,(H,65,68)/b37-35+,45-43+,53-51+. The summed E-state index contributed by atoms with van der Waals surface area (Å²) in [7, 11) is 0. The van der Waals surface area contributed by atoms with Gasteiger partial charge in [0, 0.05) is 6.42 Å². The van der Waals surface area contributed by atoms with Crippen molar-refractivity contribution in [2.24, 2.45) is 0 Å². The third-order valence-electron chi connectivity index (χ3n) is 15.2. The third kappa shape index (κ3) is 43.1. The van der Waals surface area contributed by atoms with Crippen LogP contribution in [0.2, 0.25) is 0 Å². The van der Waals surface area contributed by atoms with Gasteiger partial charge in [-0.1, -0.05) is 294 Å². The number of allylic oxidation sites excluding steroid dienone is 5. The molecular formula is C64H121NO8. The fourth-order valence-corrected chi connectivity index (χ4v) is 10.2. The monoisotopic (exact) mass is 1030 g/mol. The van der Waals surface area contributed by atoms with Crippen LogP contribution in [0.4, 0.5) is 0 Å². The van der Waals surface area contributed by atoms with Crippen LogP contribution in [0.3, 0.4) is 0 Å². The Balaban J connectivity index is 2.21. The molecule has 1 amide bonds. The van der Waals surface area contributed by atoms with E-state index in [4.69, 9.17) is 9.47 Å². The summed E-state index contributed by atoms with van der Waals surface area (Å²) in [5.41, 5.74) is 0. The van der Waals surface area contributed by atoms with Crippen molar-refractivity contribution in [2.45, 2.75) is 352 Å². The summed E-state index contributed by atoms with van der Waals surface area (Å²) in [4.78, 5) is 13.1. The lowest BCUT2D eigenvalue weighted by Gasteiger charge is -2.40. The first kappa shape index (κ1) is 69.4. The molecule has 0 aromatic heterocycles. The molecule has 0 spiro atoms. The van der Waals surface area contributed by atoms with Crippen molar-refractivity contribution in [3.8, 4) is 0 Å². The van der Waals surface area contributed by atoms with Gasteiger partial charge in [0.15, 0.2) is 6.29 Å². The summed E-state index contributed by atoms with van der Waals surface area (Å²) in [6.45, 7) is 3.80. The van der Waals surface area contributed by atoms with Gasteiger partial charge in [0.2, 0.25) is 5.91 Å². The first-order chi connectivity index (χ1) is 35.8. The molecule has 6 N–H and O–H groups in total. The molecular weight excluding hydrogens is 911 g/mol. The second-order valence-electron chi connectivity index (χ2n) is 22.2. The minimum atomic E-state index is -1.57. The van der Waals surface area contributed by atoms with Crippen molar-refractivity contribution in [1.29, 1.82) is 0 Å². The zero-order valence-corrected chi connectivity index (χ0v) is 47.9. The maximum atomic E-state index is 13.1. The van der Waals surface area contributed by atoms with Crippen LogP contribution in [0.1, 0.15) is 309 Å². The van der Waals surface area contributed by atoms with Gasteiger partial charge in [-0.3, -0.25) is 4.79 Å². The molecule has 0 aliphatic carbocycles. The van der Waals surface area contributed by atoms with Crippen LogP contribution in [0, 0.1) is 0 Å². The highest BCUT2D eigenvalue weighted by molar-refractivity contribution is 5.76. The lowest BCUT2D eigenvalue weighted by molar-refractivity contribution is -0.302. The van der Waals surface area contributed by atoms with Crippen LogP contribution >= 0.6 is 0 Å². The number of carbonyl (C=O) groups excluding carboxylic acids is 1. The molecule has 1 aliphatic rings. The Morgan fingerprint density at radius 3 is 1.15 bits per heavy atom. The maximum absolute atomic E-state index is 13.1. The van der Waals surface area contributed by atoms with E-state index in [1.807, 2.05) is 6.08 Å². The summed E-state index contributed by atoms with van der Waals surface area (Å²) >= 11 is 0. The van der Waals surface area contributed by atoms with E-state index in [-0.39, 0.29) is 12.5 Å². The molecule has 1 rings (SSSR count). The number of aliphatic hydroxyl groups excluding tert-OH is 5.